The maximum Gasteiger partial charge on any atom is 0.255 e. The Bertz CT molecular complexity index is 685. The van der Waals surface area contributed by atoms with Gasteiger partial charge in [-0.25, -0.2) is 0 Å². The Morgan fingerprint density at radius 1 is 0.821 bits per heavy atom. The number of carbonyl (C=O) groups is 2. The third kappa shape index (κ3) is 4.34. The largest absolute Gasteiger partial charge is 0.371 e. The second-order valence-electron chi connectivity index (χ2n) is 8.62. The molecule has 1 aliphatic carbocycles. The number of rotatable bonds is 4. The highest BCUT2D eigenvalue weighted by atomic mass is 16.2. The van der Waals surface area contributed by atoms with E-state index < -0.39 is 0 Å². The molecule has 28 heavy (non-hydrogen) atoms. The van der Waals surface area contributed by atoms with Crippen molar-refractivity contribution in [3.05, 3.63) is 29.8 Å². The Labute approximate surface area is 168 Å². The molecule has 0 atom stereocenters. The molecule has 3 fully saturated rings. The van der Waals surface area contributed by atoms with E-state index in [0.717, 1.165) is 76.0 Å². The van der Waals surface area contributed by atoms with Crippen LogP contribution in [0.1, 0.15) is 68.1 Å². The lowest BCUT2D eigenvalue weighted by Gasteiger charge is -2.36. The molecule has 2 amide bonds. The van der Waals surface area contributed by atoms with E-state index in [9.17, 15) is 9.59 Å². The fourth-order valence-corrected chi connectivity index (χ4v) is 4.97. The molecule has 0 aromatic heterocycles. The molecule has 1 aromatic carbocycles. The van der Waals surface area contributed by atoms with Gasteiger partial charge in [-0.15, -0.1) is 0 Å². The van der Waals surface area contributed by atoms with Crippen LogP contribution in [0.3, 0.4) is 0 Å². The minimum atomic E-state index is 0.173. The van der Waals surface area contributed by atoms with Crippen LogP contribution in [0, 0.1) is 5.92 Å². The molecule has 0 unspecified atom stereocenters. The number of carbonyl (C=O) groups excluding carboxylic acids is 2. The third-order valence-electron chi connectivity index (χ3n) is 6.69. The number of likely N-dealkylation sites (tertiary alicyclic amines) is 1. The predicted molar refractivity (Wildman–Crippen MR) is 112 cm³/mol. The Morgan fingerprint density at radius 3 is 2.21 bits per heavy atom. The smallest absolute Gasteiger partial charge is 0.255 e. The van der Waals surface area contributed by atoms with E-state index in [1.807, 2.05) is 23.1 Å². The number of benzene rings is 1. The van der Waals surface area contributed by atoms with Gasteiger partial charge in [0.15, 0.2) is 0 Å². The standard InChI is InChI=1S/C23H33N3O2/c27-22(18-8-2-3-9-18)24-19-12-16-25(17-13-19)21-11-5-4-10-20(21)23(28)26-14-6-1-7-15-26/h4-5,10-11,18-19H,1-3,6-9,12-17H2,(H,24,27). The van der Waals surface area contributed by atoms with Crippen LogP contribution in [0.15, 0.2) is 24.3 Å². The van der Waals surface area contributed by atoms with Crippen LogP contribution in [0.2, 0.25) is 0 Å². The molecule has 0 radical (unpaired) electrons. The van der Waals surface area contributed by atoms with Crippen molar-refractivity contribution >= 4 is 17.5 Å². The van der Waals surface area contributed by atoms with E-state index in [0.29, 0.717) is 0 Å². The van der Waals surface area contributed by atoms with E-state index in [2.05, 4.69) is 16.3 Å². The quantitative estimate of drug-likeness (QED) is 0.864. The highest BCUT2D eigenvalue weighted by Gasteiger charge is 2.28. The summed E-state index contributed by atoms with van der Waals surface area (Å²) in [5.41, 5.74) is 1.89. The second kappa shape index (κ2) is 8.97. The van der Waals surface area contributed by atoms with Crippen molar-refractivity contribution in [2.24, 2.45) is 5.92 Å². The van der Waals surface area contributed by atoms with Crippen molar-refractivity contribution in [2.75, 3.05) is 31.1 Å². The van der Waals surface area contributed by atoms with E-state index >= 15 is 0 Å². The van der Waals surface area contributed by atoms with Crippen LogP contribution in [-0.4, -0.2) is 48.9 Å². The summed E-state index contributed by atoms with van der Waals surface area (Å²) in [6.45, 7) is 3.53. The lowest BCUT2D eigenvalue weighted by molar-refractivity contribution is -0.125. The average Bonchev–Trinajstić information content (AvgIpc) is 3.30. The SMILES string of the molecule is O=C(NC1CCN(c2ccccc2C(=O)N2CCCCC2)CC1)C1CCCC1. The molecule has 5 heteroatoms. The number of nitrogens with one attached hydrogen (secondary N) is 1. The van der Waals surface area contributed by atoms with Gasteiger partial charge in [0.1, 0.15) is 0 Å². The minimum Gasteiger partial charge on any atom is -0.371 e. The maximum atomic E-state index is 13.1. The second-order valence-corrected chi connectivity index (χ2v) is 8.62. The number of piperidine rings is 2. The van der Waals surface area contributed by atoms with Gasteiger partial charge in [-0.05, 0) is 57.1 Å². The van der Waals surface area contributed by atoms with Crippen molar-refractivity contribution in [3.63, 3.8) is 0 Å². The van der Waals surface area contributed by atoms with Gasteiger partial charge in [0.25, 0.3) is 5.91 Å². The molecule has 0 spiro atoms. The predicted octanol–water partition coefficient (Wildman–Crippen LogP) is 3.59. The molecule has 2 heterocycles. The van der Waals surface area contributed by atoms with Crippen molar-refractivity contribution < 1.29 is 9.59 Å². The number of para-hydroxylation sites is 1. The van der Waals surface area contributed by atoms with Gasteiger partial charge in [0, 0.05) is 43.8 Å². The summed E-state index contributed by atoms with van der Waals surface area (Å²) in [7, 11) is 0. The van der Waals surface area contributed by atoms with Gasteiger partial charge in [-0.3, -0.25) is 9.59 Å². The lowest BCUT2D eigenvalue weighted by Crippen LogP contribution is -2.46. The van der Waals surface area contributed by atoms with Gasteiger partial charge in [0.2, 0.25) is 5.91 Å². The molecular weight excluding hydrogens is 350 g/mol. The zero-order chi connectivity index (χ0) is 19.3. The molecule has 0 bridgehead atoms. The summed E-state index contributed by atoms with van der Waals surface area (Å²) in [4.78, 5) is 29.8. The molecule has 1 saturated carbocycles. The number of amides is 2. The summed E-state index contributed by atoms with van der Waals surface area (Å²) in [6, 6.07) is 8.31. The highest BCUT2D eigenvalue weighted by molar-refractivity contribution is 6.00. The van der Waals surface area contributed by atoms with Gasteiger partial charge in [0.05, 0.1) is 5.56 Å². The monoisotopic (exact) mass is 383 g/mol. The normalized spacial score (nSPS) is 21.7. The summed E-state index contributed by atoms with van der Waals surface area (Å²) in [6.07, 6.45) is 9.84. The Morgan fingerprint density at radius 2 is 1.50 bits per heavy atom. The van der Waals surface area contributed by atoms with E-state index in [1.54, 1.807) is 0 Å². The molecule has 1 aromatic rings. The fourth-order valence-electron chi connectivity index (χ4n) is 4.97. The summed E-state index contributed by atoms with van der Waals surface area (Å²) in [5, 5.41) is 3.28. The molecule has 1 N–H and O–H groups in total. The Hall–Kier alpha value is -2.04. The molecule has 2 aliphatic heterocycles. The first-order valence-corrected chi connectivity index (χ1v) is 11.2. The van der Waals surface area contributed by atoms with Crippen molar-refractivity contribution in [2.45, 2.75) is 63.8 Å². The number of hydrogen-bond acceptors (Lipinski definition) is 3. The van der Waals surface area contributed by atoms with Crippen LogP contribution in [0.5, 0.6) is 0 Å². The summed E-state index contributed by atoms with van der Waals surface area (Å²) >= 11 is 0. The van der Waals surface area contributed by atoms with Crippen LogP contribution in [0.4, 0.5) is 5.69 Å². The Balaban J connectivity index is 1.36. The average molecular weight is 384 g/mol. The fraction of sp³-hybridized carbons (Fsp3) is 0.652. The van der Waals surface area contributed by atoms with Gasteiger partial charge >= 0.3 is 0 Å². The molecule has 4 rings (SSSR count). The Kier molecular flexibility index (Phi) is 6.18. The maximum absolute atomic E-state index is 13.1. The zero-order valence-corrected chi connectivity index (χ0v) is 16.9. The van der Waals surface area contributed by atoms with Crippen LogP contribution in [-0.2, 0) is 4.79 Å². The van der Waals surface area contributed by atoms with Crippen molar-refractivity contribution in [1.82, 2.24) is 10.2 Å². The van der Waals surface area contributed by atoms with Crippen LogP contribution < -0.4 is 10.2 Å². The van der Waals surface area contributed by atoms with Gasteiger partial charge in [-0.1, -0.05) is 25.0 Å². The molecule has 5 nitrogen and oxygen atoms in total. The first kappa shape index (κ1) is 19.3. The van der Waals surface area contributed by atoms with Crippen LogP contribution >= 0.6 is 0 Å². The number of anilines is 1. The van der Waals surface area contributed by atoms with Gasteiger partial charge in [-0.2, -0.15) is 0 Å². The minimum absolute atomic E-state index is 0.173. The van der Waals surface area contributed by atoms with E-state index in [1.165, 1.54) is 19.3 Å². The topological polar surface area (TPSA) is 52.7 Å². The number of hydrogen-bond donors (Lipinski definition) is 1. The molecule has 3 aliphatic rings. The van der Waals surface area contributed by atoms with Crippen LogP contribution in [0.25, 0.3) is 0 Å². The first-order valence-electron chi connectivity index (χ1n) is 11.2. The zero-order valence-electron chi connectivity index (χ0n) is 16.9. The highest BCUT2D eigenvalue weighted by Crippen LogP contribution is 2.28. The van der Waals surface area contributed by atoms with E-state index in [-0.39, 0.29) is 23.8 Å². The van der Waals surface area contributed by atoms with Crippen molar-refractivity contribution in [3.8, 4) is 0 Å². The van der Waals surface area contributed by atoms with Gasteiger partial charge < -0.3 is 15.1 Å². The van der Waals surface area contributed by atoms with E-state index in [4.69, 9.17) is 0 Å². The molecule has 2 saturated heterocycles. The lowest BCUT2D eigenvalue weighted by atomic mass is 10.0. The first-order chi connectivity index (χ1) is 13.7. The third-order valence-corrected chi connectivity index (χ3v) is 6.69. The summed E-state index contributed by atoms with van der Waals surface area (Å²) in [5.74, 6) is 0.671. The number of nitrogens with zero attached hydrogens (tertiary/aromatic N) is 2. The molecular formula is C23H33N3O2. The molecule has 152 valence electrons. The van der Waals surface area contributed by atoms with Crippen molar-refractivity contribution in [1.29, 1.82) is 0 Å². The summed E-state index contributed by atoms with van der Waals surface area (Å²) < 4.78 is 0.